The van der Waals surface area contributed by atoms with Crippen LogP contribution in [0.2, 0.25) is 0 Å². The predicted molar refractivity (Wildman–Crippen MR) is 80.4 cm³/mol. The topological polar surface area (TPSA) is 84.2 Å². The standard InChI is InChI=1S/C15H23N3O2/c1-11(2)4-3-9-17-15(20)18-13-7-5-12(6-8-13)10-14(16)19/h5-8,11H,3-4,9-10H2,1-2H3,(H2,16,19)(H2,17,18,20). The molecule has 3 amide bonds. The van der Waals surface area contributed by atoms with E-state index in [0.29, 0.717) is 18.2 Å². The van der Waals surface area contributed by atoms with Crippen LogP contribution in [0.1, 0.15) is 32.3 Å². The van der Waals surface area contributed by atoms with Gasteiger partial charge in [0.2, 0.25) is 5.91 Å². The van der Waals surface area contributed by atoms with Gasteiger partial charge in [-0.2, -0.15) is 0 Å². The quantitative estimate of drug-likeness (QED) is 0.668. The van der Waals surface area contributed by atoms with Crippen LogP contribution in [-0.2, 0) is 11.2 Å². The fraction of sp³-hybridized carbons (Fsp3) is 0.467. The third-order valence-corrected chi connectivity index (χ3v) is 2.83. The Bertz CT molecular complexity index is 441. The monoisotopic (exact) mass is 277 g/mol. The van der Waals surface area contributed by atoms with E-state index < -0.39 is 0 Å². The van der Waals surface area contributed by atoms with Crippen LogP contribution in [0.5, 0.6) is 0 Å². The number of anilines is 1. The molecule has 0 heterocycles. The summed E-state index contributed by atoms with van der Waals surface area (Å²) < 4.78 is 0. The van der Waals surface area contributed by atoms with E-state index in [2.05, 4.69) is 24.5 Å². The second kappa shape index (κ2) is 8.19. The summed E-state index contributed by atoms with van der Waals surface area (Å²) in [5.74, 6) is 0.284. The number of hydrogen-bond acceptors (Lipinski definition) is 2. The minimum Gasteiger partial charge on any atom is -0.369 e. The Balaban J connectivity index is 2.33. The van der Waals surface area contributed by atoms with Crippen molar-refractivity contribution >= 4 is 17.6 Å². The first-order chi connectivity index (χ1) is 9.47. The van der Waals surface area contributed by atoms with E-state index in [1.807, 2.05) is 0 Å². The summed E-state index contributed by atoms with van der Waals surface area (Å²) in [6.45, 7) is 4.99. The number of amides is 3. The van der Waals surface area contributed by atoms with Gasteiger partial charge in [0.15, 0.2) is 0 Å². The molecule has 1 rings (SSSR count). The number of carbonyl (C=O) groups excluding carboxylic acids is 2. The van der Waals surface area contributed by atoms with E-state index >= 15 is 0 Å². The van der Waals surface area contributed by atoms with Crippen LogP contribution in [-0.4, -0.2) is 18.5 Å². The van der Waals surface area contributed by atoms with Gasteiger partial charge < -0.3 is 16.4 Å². The highest BCUT2D eigenvalue weighted by Gasteiger charge is 2.03. The molecule has 0 aliphatic rings. The SMILES string of the molecule is CC(C)CCCNC(=O)Nc1ccc(CC(N)=O)cc1. The molecule has 0 saturated heterocycles. The summed E-state index contributed by atoms with van der Waals surface area (Å²) >= 11 is 0. The second-order valence-electron chi connectivity index (χ2n) is 5.26. The number of benzene rings is 1. The second-order valence-corrected chi connectivity index (χ2v) is 5.26. The van der Waals surface area contributed by atoms with E-state index in [4.69, 9.17) is 5.73 Å². The minimum atomic E-state index is -0.367. The fourth-order valence-electron chi connectivity index (χ4n) is 1.79. The van der Waals surface area contributed by atoms with Gasteiger partial charge in [-0.05, 0) is 36.5 Å². The molecule has 0 aliphatic carbocycles. The first-order valence-electron chi connectivity index (χ1n) is 6.89. The van der Waals surface area contributed by atoms with Gasteiger partial charge in [-0.25, -0.2) is 4.79 Å². The van der Waals surface area contributed by atoms with E-state index in [0.717, 1.165) is 18.4 Å². The zero-order valence-corrected chi connectivity index (χ0v) is 12.1. The van der Waals surface area contributed by atoms with Gasteiger partial charge in [0.05, 0.1) is 6.42 Å². The van der Waals surface area contributed by atoms with Crippen molar-refractivity contribution in [2.45, 2.75) is 33.1 Å². The van der Waals surface area contributed by atoms with Crippen LogP contribution in [0.3, 0.4) is 0 Å². The molecule has 20 heavy (non-hydrogen) atoms. The molecule has 5 heteroatoms. The number of rotatable bonds is 7. The van der Waals surface area contributed by atoms with Gasteiger partial charge in [0, 0.05) is 12.2 Å². The highest BCUT2D eigenvalue weighted by molar-refractivity contribution is 5.89. The Morgan fingerprint density at radius 3 is 2.40 bits per heavy atom. The molecule has 0 radical (unpaired) electrons. The zero-order valence-electron chi connectivity index (χ0n) is 12.1. The molecular weight excluding hydrogens is 254 g/mol. The van der Waals surface area contributed by atoms with Crippen LogP contribution in [0.15, 0.2) is 24.3 Å². The Kier molecular flexibility index (Phi) is 6.56. The molecular formula is C15H23N3O2. The number of primary amides is 1. The molecule has 0 fully saturated rings. The highest BCUT2D eigenvalue weighted by atomic mass is 16.2. The van der Waals surface area contributed by atoms with Crippen molar-refractivity contribution < 1.29 is 9.59 Å². The van der Waals surface area contributed by atoms with Gasteiger partial charge in [-0.1, -0.05) is 26.0 Å². The summed E-state index contributed by atoms with van der Waals surface area (Å²) in [6.07, 6.45) is 2.28. The van der Waals surface area contributed by atoms with Gasteiger partial charge in [0.1, 0.15) is 0 Å². The molecule has 0 aromatic heterocycles. The minimum absolute atomic E-state index is 0.210. The Morgan fingerprint density at radius 1 is 1.20 bits per heavy atom. The number of nitrogens with two attached hydrogens (primary N) is 1. The molecule has 0 unspecified atom stereocenters. The first-order valence-corrected chi connectivity index (χ1v) is 6.89. The van der Waals surface area contributed by atoms with E-state index in [1.165, 1.54) is 0 Å². The summed E-state index contributed by atoms with van der Waals surface area (Å²) in [7, 11) is 0. The van der Waals surface area contributed by atoms with Crippen molar-refractivity contribution in [3.63, 3.8) is 0 Å². The lowest BCUT2D eigenvalue weighted by Gasteiger charge is -2.09. The number of carbonyl (C=O) groups is 2. The van der Waals surface area contributed by atoms with Crippen molar-refractivity contribution in [2.75, 3.05) is 11.9 Å². The summed E-state index contributed by atoms with van der Waals surface area (Å²) in [5, 5.41) is 5.55. The Labute approximate surface area is 119 Å². The number of nitrogens with one attached hydrogen (secondary N) is 2. The van der Waals surface area contributed by atoms with E-state index in [9.17, 15) is 9.59 Å². The molecule has 0 atom stereocenters. The van der Waals surface area contributed by atoms with Crippen molar-refractivity contribution in [2.24, 2.45) is 11.7 Å². The lowest BCUT2D eigenvalue weighted by molar-refractivity contribution is -0.117. The lowest BCUT2D eigenvalue weighted by atomic mass is 10.1. The van der Waals surface area contributed by atoms with Gasteiger partial charge in [-0.3, -0.25) is 4.79 Å². The van der Waals surface area contributed by atoms with Crippen LogP contribution in [0, 0.1) is 5.92 Å². The zero-order chi connectivity index (χ0) is 15.0. The average Bonchev–Trinajstić information content (AvgIpc) is 2.36. The van der Waals surface area contributed by atoms with Crippen LogP contribution in [0.25, 0.3) is 0 Å². The normalized spacial score (nSPS) is 10.3. The Morgan fingerprint density at radius 2 is 1.85 bits per heavy atom. The van der Waals surface area contributed by atoms with Crippen molar-refractivity contribution in [3.05, 3.63) is 29.8 Å². The molecule has 0 spiro atoms. The maximum Gasteiger partial charge on any atom is 0.319 e. The molecule has 0 bridgehead atoms. The van der Waals surface area contributed by atoms with Crippen molar-refractivity contribution in [1.29, 1.82) is 0 Å². The lowest BCUT2D eigenvalue weighted by Crippen LogP contribution is -2.29. The molecule has 1 aromatic carbocycles. The largest absolute Gasteiger partial charge is 0.369 e. The maximum absolute atomic E-state index is 11.6. The van der Waals surface area contributed by atoms with Crippen LogP contribution in [0.4, 0.5) is 10.5 Å². The van der Waals surface area contributed by atoms with E-state index in [-0.39, 0.29) is 18.4 Å². The average molecular weight is 277 g/mol. The summed E-state index contributed by atoms with van der Waals surface area (Å²) in [4.78, 5) is 22.4. The summed E-state index contributed by atoms with van der Waals surface area (Å²) in [5.41, 5.74) is 6.64. The molecule has 1 aromatic rings. The fourth-order valence-corrected chi connectivity index (χ4v) is 1.79. The molecule has 0 aliphatic heterocycles. The number of urea groups is 1. The van der Waals surface area contributed by atoms with Crippen molar-refractivity contribution in [3.8, 4) is 0 Å². The van der Waals surface area contributed by atoms with Crippen LogP contribution >= 0.6 is 0 Å². The van der Waals surface area contributed by atoms with Gasteiger partial charge in [-0.15, -0.1) is 0 Å². The van der Waals surface area contributed by atoms with Crippen LogP contribution < -0.4 is 16.4 Å². The maximum atomic E-state index is 11.6. The highest BCUT2D eigenvalue weighted by Crippen LogP contribution is 2.09. The van der Waals surface area contributed by atoms with Gasteiger partial charge in [0.25, 0.3) is 0 Å². The number of hydrogen-bond donors (Lipinski definition) is 3. The summed E-state index contributed by atoms with van der Waals surface area (Å²) in [6, 6.07) is 6.85. The van der Waals surface area contributed by atoms with Crippen molar-refractivity contribution in [1.82, 2.24) is 5.32 Å². The third-order valence-electron chi connectivity index (χ3n) is 2.83. The van der Waals surface area contributed by atoms with E-state index in [1.54, 1.807) is 24.3 Å². The molecule has 4 N–H and O–H groups in total. The Hall–Kier alpha value is -2.04. The smallest absolute Gasteiger partial charge is 0.319 e. The third kappa shape index (κ3) is 6.78. The molecule has 0 saturated carbocycles. The first kappa shape index (κ1) is 16.0. The molecule has 5 nitrogen and oxygen atoms in total. The molecule has 110 valence electrons. The predicted octanol–water partition coefficient (Wildman–Crippen LogP) is 2.27. The van der Waals surface area contributed by atoms with Gasteiger partial charge >= 0.3 is 6.03 Å².